The van der Waals surface area contributed by atoms with E-state index >= 15 is 0 Å². The van der Waals surface area contributed by atoms with Crippen LogP contribution in [-0.2, 0) is 14.8 Å². The van der Waals surface area contributed by atoms with Gasteiger partial charge in [-0.1, -0.05) is 12.1 Å². The minimum atomic E-state index is -4.03. The molecule has 31 heavy (non-hydrogen) atoms. The van der Waals surface area contributed by atoms with Crippen molar-refractivity contribution in [1.82, 2.24) is 14.4 Å². The molecular formula is C19H15N5O5S2. The zero-order valence-electron chi connectivity index (χ0n) is 15.7. The van der Waals surface area contributed by atoms with E-state index in [9.17, 15) is 22.8 Å². The lowest BCUT2D eigenvalue weighted by Crippen LogP contribution is -2.41. The number of nitrogens with one attached hydrogen (secondary N) is 2. The summed E-state index contributed by atoms with van der Waals surface area (Å²) in [5.41, 5.74) is 5.28. The van der Waals surface area contributed by atoms with Gasteiger partial charge in [-0.15, -0.1) is 16.2 Å². The average molecular weight is 457 g/mol. The van der Waals surface area contributed by atoms with E-state index in [4.69, 9.17) is 5.73 Å². The van der Waals surface area contributed by atoms with Gasteiger partial charge in [0.2, 0.25) is 6.41 Å². The molecule has 4 rings (SSSR count). The molecule has 0 radical (unpaired) electrons. The maximum absolute atomic E-state index is 12.7. The topological polar surface area (TPSA) is 147 Å². The molecule has 0 aliphatic carbocycles. The molecule has 4 N–H and O–H groups in total. The quantitative estimate of drug-likeness (QED) is 0.293. The number of thiophene rings is 1. The highest BCUT2D eigenvalue weighted by Crippen LogP contribution is 2.24. The zero-order valence-corrected chi connectivity index (χ0v) is 17.3. The predicted octanol–water partition coefficient (Wildman–Crippen LogP) is 1.18. The van der Waals surface area contributed by atoms with Crippen LogP contribution in [0.25, 0.3) is 16.6 Å². The van der Waals surface area contributed by atoms with Crippen LogP contribution >= 0.6 is 11.3 Å². The van der Waals surface area contributed by atoms with Crippen molar-refractivity contribution in [3.63, 3.8) is 0 Å². The normalized spacial score (nSPS) is 11.5. The highest BCUT2D eigenvalue weighted by atomic mass is 32.2. The van der Waals surface area contributed by atoms with Crippen LogP contribution in [0.3, 0.4) is 0 Å². The molecule has 2 aromatic carbocycles. The summed E-state index contributed by atoms with van der Waals surface area (Å²) in [4.78, 5) is 41.4. The van der Waals surface area contributed by atoms with E-state index < -0.39 is 21.3 Å². The van der Waals surface area contributed by atoms with Gasteiger partial charge in [-0.3, -0.25) is 9.59 Å². The second-order valence-electron chi connectivity index (χ2n) is 6.36. The third-order valence-electron chi connectivity index (χ3n) is 4.38. The zero-order chi connectivity index (χ0) is 22.2. The summed E-state index contributed by atoms with van der Waals surface area (Å²) in [6.07, 6.45) is 0.290. The number of H-pyrrole nitrogens is 1. The van der Waals surface area contributed by atoms with Crippen LogP contribution in [0.15, 0.2) is 74.5 Å². The van der Waals surface area contributed by atoms with E-state index in [1.165, 1.54) is 36.4 Å². The third-order valence-corrected chi connectivity index (χ3v) is 7.10. The number of benzene rings is 2. The van der Waals surface area contributed by atoms with Crippen LogP contribution in [0.2, 0.25) is 0 Å². The van der Waals surface area contributed by atoms with Crippen molar-refractivity contribution < 1.29 is 13.2 Å². The number of rotatable bonds is 6. The number of nitrogen functional groups attached to an aromatic ring is 1. The number of hydrazine groups is 1. The fraction of sp³-hybridized carbons (Fsp3) is 0. The first-order valence-corrected chi connectivity index (χ1v) is 11.1. The fourth-order valence-electron chi connectivity index (χ4n) is 2.95. The van der Waals surface area contributed by atoms with Gasteiger partial charge < -0.3 is 10.7 Å². The highest BCUT2D eigenvalue weighted by molar-refractivity contribution is 7.91. The molecule has 0 aliphatic rings. The number of nitrogens with two attached hydrogens (primary N) is 1. The molecule has 10 nitrogen and oxygen atoms in total. The lowest BCUT2D eigenvalue weighted by molar-refractivity contribution is -0.107. The Morgan fingerprint density at radius 3 is 2.39 bits per heavy atom. The smallest absolute Gasteiger partial charge is 0.333 e. The average Bonchev–Trinajstić information content (AvgIpc) is 3.20. The van der Waals surface area contributed by atoms with Gasteiger partial charge in [-0.05, 0) is 48.5 Å². The summed E-state index contributed by atoms with van der Waals surface area (Å²) in [5.74, 6) is 0. The van der Waals surface area contributed by atoms with Gasteiger partial charge in [0, 0.05) is 0 Å². The highest BCUT2D eigenvalue weighted by Gasteiger charge is 2.21. The Labute approximate surface area is 179 Å². The Hall–Kier alpha value is -3.74. The van der Waals surface area contributed by atoms with Crippen LogP contribution in [0.1, 0.15) is 0 Å². The number of anilines is 2. The Morgan fingerprint density at radius 1 is 1.03 bits per heavy atom. The number of amides is 1. The SMILES string of the molecule is Nc1ccc(S(=O)(=O)NN(C=O)c2ccc(-n3c(=O)[nH]c4ccccc4c3=O)cc2)s1. The van der Waals surface area contributed by atoms with Gasteiger partial charge >= 0.3 is 5.69 Å². The van der Waals surface area contributed by atoms with Gasteiger partial charge in [0.05, 0.1) is 27.3 Å². The van der Waals surface area contributed by atoms with Crippen molar-refractivity contribution in [1.29, 1.82) is 0 Å². The summed E-state index contributed by atoms with van der Waals surface area (Å²) >= 11 is 0.855. The van der Waals surface area contributed by atoms with Crippen molar-refractivity contribution in [3.8, 4) is 5.69 Å². The number of carbonyl (C=O) groups is 1. The van der Waals surface area contributed by atoms with E-state index in [0.717, 1.165) is 20.9 Å². The molecule has 1 amide bonds. The largest absolute Gasteiger partial charge is 0.391 e. The Balaban J connectivity index is 1.68. The number of para-hydroxylation sites is 1. The molecule has 4 aromatic rings. The molecule has 0 bridgehead atoms. The van der Waals surface area contributed by atoms with Crippen molar-refractivity contribution in [2.24, 2.45) is 0 Å². The number of hydrogen-bond donors (Lipinski definition) is 3. The number of aromatic nitrogens is 2. The number of aromatic amines is 1. The second-order valence-corrected chi connectivity index (χ2v) is 9.36. The summed E-state index contributed by atoms with van der Waals surface area (Å²) in [7, 11) is -4.03. The van der Waals surface area contributed by atoms with Gasteiger partial charge in [0.25, 0.3) is 15.6 Å². The summed E-state index contributed by atoms with van der Waals surface area (Å²) in [6.45, 7) is 0. The van der Waals surface area contributed by atoms with Crippen LogP contribution in [0.5, 0.6) is 0 Å². The minimum Gasteiger partial charge on any atom is -0.391 e. The van der Waals surface area contributed by atoms with Crippen LogP contribution in [0.4, 0.5) is 10.7 Å². The number of sulfonamides is 1. The predicted molar refractivity (Wildman–Crippen MR) is 118 cm³/mol. The standard InChI is InChI=1S/C19H15N5O5S2/c20-16-9-10-17(30-16)31(28,29)22-23(11-25)12-5-7-13(8-6-12)24-18(26)14-3-1-2-4-15(14)21-19(24)27/h1-11,22H,20H2,(H,21,27). The van der Waals surface area contributed by atoms with E-state index in [0.29, 0.717) is 22.3 Å². The molecule has 0 spiro atoms. The third kappa shape index (κ3) is 3.86. The van der Waals surface area contributed by atoms with Crippen molar-refractivity contribution in [3.05, 3.63) is 81.5 Å². The van der Waals surface area contributed by atoms with E-state index in [2.05, 4.69) is 9.82 Å². The van der Waals surface area contributed by atoms with Gasteiger partial charge in [0.15, 0.2) is 0 Å². The van der Waals surface area contributed by atoms with Gasteiger partial charge in [-0.2, -0.15) is 0 Å². The number of nitrogens with zero attached hydrogens (tertiary/aromatic N) is 2. The second kappa shape index (κ2) is 7.83. The molecule has 2 aromatic heterocycles. The fourth-order valence-corrected chi connectivity index (χ4v) is 5.04. The molecule has 158 valence electrons. The lowest BCUT2D eigenvalue weighted by Gasteiger charge is -2.18. The molecule has 0 saturated heterocycles. The minimum absolute atomic E-state index is 0.0530. The Kier molecular flexibility index (Phi) is 5.19. The molecule has 0 unspecified atom stereocenters. The van der Waals surface area contributed by atoms with E-state index in [1.807, 2.05) is 0 Å². The van der Waals surface area contributed by atoms with Crippen molar-refractivity contribution in [2.45, 2.75) is 4.21 Å². The van der Waals surface area contributed by atoms with Crippen molar-refractivity contribution >= 4 is 49.4 Å². The molecule has 0 saturated carbocycles. The van der Waals surface area contributed by atoms with Crippen LogP contribution < -0.4 is 26.8 Å². The Bertz CT molecular complexity index is 1500. The van der Waals surface area contributed by atoms with Gasteiger partial charge in [-0.25, -0.2) is 22.8 Å². The number of fused-ring (bicyclic) bond motifs is 1. The molecule has 0 atom stereocenters. The van der Waals surface area contributed by atoms with E-state index in [1.54, 1.807) is 24.3 Å². The monoisotopic (exact) mass is 457 g/mol. The lowest BCUT2D eigenvalue weighted by atomic mass is 10.2. The van der Waals surface area contributed by atoms with Crippen LogP contribution in [-0.4, -0.2) is 24.4 Å². The molecular weight excluding hydrogens is 442 g/mol. The number of hydrogen-bond acceptors (Lipinski definition) is 7. The first kappa shape index (κ1) is 20.5. The van der Waals surface area contributed by atoms with Crippen LogP contribution in [0, 0.1) is 0 Å². The number of carbonyl (C=O) groups excluding carboxylic acids is 1. The molecule has 12 heteroatoms. The molecule has 0 aliphatic heterocycles. The molecule has 0 fully saturated rings. The summed E-state index contributed by atoms with van der Waals surface area (Å²) < 4.78 is 25.8. The summed E-state index contributed by atoms with van der Waals surface area (Å²) in [5, 5.41) is 1.42. The Morgan fingerprint density at radius 2 is 1.74 bits per heavy atom. The van der Waals surface area contributed by atoms with Crippen molar-refractivity contribution in [2.75, 3.05) is 10.7 Å². The molecule has 2 heterocycles. The first-order valence-electron chi connectivity index (χ1n) is 8.77. The van der Waals surface area contributed by atoms with E-state index in [-0.39, 0.29) is 15.6 Å². The van der Waals surface area contributed by atoms with Gasteiger partial charge in [0.1, 0.15) is 4.21 Å². The maximum atomic E-state index is 12.7. The first-order chi connectivity index (χ1) is 14.8. The maximum Gasteiger partial charge on any atom is 0.333 e. The summed E-state index contributed by atoms with van der Waals surface area (Å²) in [6, 6.07) is 15.0.